The number of rotatable bonds is 2. The molecule has 0 bridgehead atoms. The first-order valence-corrected chi connectivity index (χ1v) is 5.90. The minimum absolute atomic E-state index is 0.0171. The molecule has 0 saturated carbocycles. The number of pyridine rings is 1. The number of hydrogen-bond donors (Lipinski definition) is 1. The molecule has 5 heteroatoms. The first-order valence-electron chi connectivity index (χ1n) is 5.90. The Bertz CT molecular complexity index is 657. The number of H-pyrrole nitrogens is 1. The van der Waals surface area contributed by atoms with Gasteiger partial charge in [0.05, 0.1) is 0 Å². The average molecular weight is 267 g/mol. The predicted octanol–water partition coefficient (Wildman–Crippen LogP) is 3.43. The van der Waals surface area contributed by atoms with Gasteiger partial charge in [0.15, 0.2) is 5.43 Å². The standard InChI is InChI=1S/C14H15F2NO2/c1-14(2,3)12-7-11(18)9-6-8(19-13(15)16)4-5-10(9)17-12/h4-7,13H,1-3H3,(H,17,18). The van der Waals surface area contributed by atoms with Crippen molar-refractivity contribution < 1.29 is 13.5 Å². The Labute approximate surface area is 109 Å². The number of nitrogens with one attached hydrogen (secondary N) is 1. The van der Waals surface area contributed by atoms with Crippen LogP contribution in [-0.2, 0) is 5.41 Å². The van der Waals surface area contributed by atoms with E-state index in [1.165, 1.54) is 18.2 Å². The maximum absolute atomic E-state index is 12.1. The lowest BCUT2D eigenvalue weighted by atomic mass is 9.91. The monoisotopic (exact) mass is 267 g/mol. The summed E-state index contributed by atoms with van der Waals surface area (Å²) >= 11 is 0. The molecule has 1 heterocycles. The molecule has 0 radical (unpaired) electrons. The lowest BCUT2D eigenvalue weighted by Gasteiger charge is -2.19. The van der Waals surface area contributed by atoms with Gasteiger partial charge in [-0.25, -0.2) is 0 Å². The van der Waals surface area contributed by atoms with Crippen LogP contribution >= 0.6 is 0 Å². The van der Waals surface area contributed by atoms with Gasteiger partial charge < -0.3 is 9.72 Å². The zero-order valence-corrected chi connectivity index (χ0v) is 11.0. The molecule has 2 aromatic rings. The number of ether oxygens (including phenoxy) is 1. The fourth-order valence-corrected chi connectivity index (χ4v) is 1.81. The van der Waals surface area contributed by atoms with Gasteiger partial charge in [0.25, 0.3) is 0 Å². The van der Waals surface area contributed by atoms with Crippen LogP contribution in [0.15, 0.2) is 29.1 Å². The molecule has 0 spiro atoms. The molecule has 102 valence electrons. The first kappa shape index (κ1) is 13.5. The molecule has 0 amide bonds. The van der Waals surface area contributed by atoms with E-state index >= 15 is 0 Å². The second kappa shape index (κ2) is 4.64. The quantitative estimate of drug-likeness (QED) is 0.905. The summed E-state index contributed by atoms with van der Waals surface area (Å²) in [6.07, 6.45) is 0. The van der Waals surface area contributed by atoms with E-state index in [2.05, 4.69) is 9.72 Å². The van der Waals surface area contributed by atoms with E-state index in [0.717, 1.165) is 5.69 Å². The van der Waals surface area contributed by atoms with Crippen LogP contribution in [-0.4, -0.2) is 11.6 Å². The molecule has 0 saturated heterocycles. The summed E-state index contributed by atoms with van der Waals surface area (Å²) in [6.45, 7) is 3.06. The second-order valence-electron chi connectivity index (χ2n) is 5.38. The molecular formula is C14H15F2NO2. The number of benzene rings is 1. The third kappa shape index (κ3) is 2.92. The largest absolute Gasteiger partial charge is 0.435 e. The van der Waals surface area contributed by atoms with Gasteiger partial charge >= 0.3 is 6.61 Å². The van der Waals surface area contributed by atoms with E-state index < -0.39 is 6.61 Å². The van der Waals surface area contributed by atoms with Crippen LogP contribution in [0.5, 0.6) is 5.75 Å². The van der Waals surface area contributed by atoms with Crippen LogP contribution in [0.1, 0.15) is 26.5 Å². The smallest absolute Gasteiger partial charge is 0.387 e. The Hall–Kier alpha value is -1.91. The highest BCUT2D eigenvalue weighted by Crippen LogP contribution is 2.23. The highest BCUT2D eigenvalue weighted by molar-refractivity contribution is 5.80. The van der Waals surface area contributed by atoms with Crippen molar-refractivity contribution in [1.29, 1.82) is 0 Å². The topological polar surface area (TPSA) is 42.1 Å². The number of aromatic amines is 1. The molecule has 0 fully saturated rings. The van der Waals surface area contributed by atoms with Crippen LogP contribution in [0.2, 0.25) is 0 Å². The van der Waals surface area contributed by atoms with E-state index in [9.17, 15) is 13.6 Å². The summed E-state index contributed by atoms with van der Waals surface area (Å²) in [6, 6.07) is 5.81. The summed E-state index contributed by atoms with van der Waals surface area (Å²) in [7, 11) is 0. The predicted molar refractivity (Wildman–Crippen MR) is 69.9 cm³/mol. The molecular weight excluding hydrogens is 252 g/mol. The molecule has 2 rings (SSSR count). The first-order chi connectivity index (χ1) is 8.77. The van der Waals surface area contributed by atoms with Gasteiger partial charge in [0.2, 0.25) is 0 Å². The van der Waals surface area contributed by atoms with Gasteiger partial charge in [0.1, 0.15) is 5.75 Å². The average Bonchev–Trinajstić information content (AvgIpc) is 2.27. The Morgan fingerprint density at radius 1 is 1.21 bits per heavy atom. The lowest BCUT2D eigenvalue weighted by molar-refractivity contribution is -0.0497. The molecule has 1 aromatic heterocycles. The van der Waals surface area contributed by atoms with Crippen LogP contribution in [0.4, 0.5) is 8.78 Å². The molecule has 0 unspecified atom stereocenters. The van der Waals surface area contributed by atoms with Gasteiger partial charge in [0, 0.05) is 28.1 Å². The third-order valence-corrected chi connectivity index (χ3v) is 2.83. The van der Waals surface area contributed by atoms with Gasteiger partial charge in [-0.05, 0) is 18.2 Å². The normalized spacial score (nSPS) is 12.1. The number of halogens is 2. The minimum Gasteiger partial charge on any atom is -0.435 e. The van der Waals surface area contributed by atoms with Gasteiger partial charge in [-0.3, -0.25) is 4.79 Å². The van der Waals surface area contributed by atoms with E-state index in [1.54, 1.807) is 6.07 Å². The highest BCUT2D eigenvalue weighted by atomic mass is 19.3. The third-order valence-electron chi connectivity index (χ3n) is 2.83. The molecule has 1 aromatic carbocycles. The van der Waals surface area contributed by atoms with Gasteiger partial charge in [-0.2, -0.15) is 8.78 Å². The van der Waals surface area contributed by atoms with Crippen LogP contribution in [0.25, 0.3) is 10.9 Å². The Morgan fingerprint density at radius 2 is 1.89 bits per heavy atom. The SMILES string of the molecule is CC(C)(C)c1cc(=O)c2cc(OC(F)F)ccc2[nH]1. The van der Waals surface area contributed by atoms with Gasteiger partial charge in [-0.1, -0.05) is 20.8 Å². The summed E-state index contributed by atoms with van der Waals surface area (Å²) < 4.78 is 28.6. The van der Waals surface area contributed by atoms with Crippen molar-refractivity contribution >= 4 is 10.9 Å². The Kier molecular flexibility index (Phi) is 3.30. The summed E-state index contributed by atoms with van der Waals surface area (Å²) in [5.74, 6) is -0.0171. The molecule has 0 aliphatic carbocycles. The Balaban J connectivity index is 2.57. The van der Waals surface area contributed by atoms with E-state index in [-0.39, 0.29) is 16.6 Å². The van der Waals surface area contributed by atoms with E-state index in [4.69, 9.17) is 0 Å². The lowest BCUT2D eigenvalue weighted by Crippen LogP contribution is -2.17. The second-order valence-corrected chi connectivity index (χ2v) is 5.38. The zero-order chi connectivity index (χ0) is 14.2. The van der Waals surface area contributed by atoms with Crippen LogP contribution < -0.4 is 10.2 Å². The molecule has 0 aliphatic rings. The molecule has 0 aliphatic heterocycles. The van der Waals surface area contributed by atoms with Crippen molar-refractivity contribution in [2.45, 2.75) is 32.8 Å². The highest BCUT2D eigenvalue weighted by Gasteiger charge is 2.16. The summed E-state index contributed by atoms with van der Waals surface area (Å²) in [5.41, 5.74) is 1.01. The fourth-order valence-electron chi connectivity index (χ4n) is 1.81. The van der Waals surface area contributed by atoms with E-state index in [0.29, 0.717) is 10.9 Å². The van der Waals surface area contributed by atoms with Crippen molar-refractivity contribution in [3.63, 3.8) is 0 Å². The van der Waals surface area contributed by atoms with Crippen molar-refractivity contribution in [3.05, 3.63) is 40.2 Å². The molecule has 3 nitrogen and oxygen atoms in total. The number of aromatic nitrogens is 1. The number of alkyl halides is 2. The number of fused-ring (bicyclic) bond motifs is 1. The maximum Gasteiger partial charge on any atom is 0.387 e. The molecule has 1 N–H and O–H groups in total. The van der Waals surface area contributed by atoms with Crippen LogP contribution in [0, 0.1) is 0 Å². The maximum atomic E-state index is 12.1. The van der Waals surface area contributed by atoms with Crippen molar-refractivity contribution in [1.82, 2.24) is 4.98 Å². The zero-order valence-electron chi connectivity index (χ0n) is 11.0. The van der Waals surface area contributed by atoms with Crippen molar-refractivity contribution in [3.8, 4) is 5.75 Å². The number of hydrogen-bond acceptors (Lipinski definition) is 2. The van der Waals surface area contributed by atoms with Gasteiger partial charge in [-0.15, -0.1) is 0 Å². The van der Waals surface area contributed by atoms with Crippen molar-refractivity contribution in [2.75, 3.05) is 0 Å². The summed E-state index contributed by atoms with van der Waals surface area (Å²) in [5, 5.41) is 0.339. The summed E-state index contributed by atoms with van der Waals surface area (Å²) in [4.78, 5) is 15.2. The Morgan fingerprint density at radius 3 is 2.47 bits per heavy atom. The van der Waals surface area contributed by atoms with Crippen molar-refractivity contribution in [2.24, 2.45) is 0 Å². The minimum atomic E-state index is -2.90. The van der Waals surface area contributed by atoms with Crippen LogP contribution in [0.3, 0.4) is 0 Å². The fraction of sp³-hybridized carbons (Fsp3) is 0.357. The molecule has 19 heavy (non-hydrogen) atoms. The molecule has 0 atom stereocenters. The van der Waals surface area contributed by atoms with E-state index in [1.807, 2.05) is 20.8 Å².